The highest BCUT2D eigenvalue weighted by atomic mass is 17.2. The molecule has 4 heteroatoms. The van der Waals surface area contributed by atoms with Crippen LogP contribution in [0.1, 0.15) is 23.7 Å². The van der Waals surface area contributed by atoms with Gasteiger partial charge in [-0.15, -0.1) is 0 Å². The zero-order valence-corrected chi connectivity index (χ0v) is 11.4. The summed E-state index contributed by atoms with van der Waals surface area (Å²) in [7, 11) is 3.17. The largest absolute Gasteiger partial charge is 0.349 e. The van der Waals surface area contributed by atoms with Crippen LogP contribution in [0.25, 0.3) is 11.1 Å². The zero-order chi connectivity index (χ0) is 13.9. The molecule has 1 heterocycles. The maximum absolute atomic E-state index is 5.37. The molecule has 1 aliphatic heterocycles. The number of benzene rings is 2. The van der Waals surface area contributed by atoms with Gasteiger partial charge < -0.3 is 9.47 Å². The van der Waals surface area contributed by atoms with Crippen molar-refractivity contribution >= 4 is 0 Å². The molecule has 0 fully saturated rings. The van der Waals surface area contributed by atoms with Gasteiger partial charge in [-0.2, -0.15) is 9.78 Å². The summed E-state index contributed by atoms with van der Waals surface area (Å²) in [5.74, 6) is 0. The number of fused-ring (bicyclic) bond motifs is 3. The van der Waals surface area contributed by atoms with Gasteiger partial charge >= 0.3 is 0 Å². The zero-order valence-electron chi connectivity index (χ0n) is 11.4. The minimum Gasteiger partial charge on any atom is -0.349 e. The number of methoxy groups -OCH3 is 2. The van der Waals surface area contributed by atoms with E-state index in [1.807, 2.05) is 48.5 Å². The summed E-state index contributed by atoms with van der Waals surface area (Å²) in [6, 6.07) is 15.9. The first-order valence-electron chi connectivity index (χ1n) is 6.41. The van der Waals surface area contributed by atoms with Gasteiger partial charge in [0, 0.05) is 25.3 Å². The molecule has 0 aliphatic carbocycles. The molecule has 20 heavy (non-hydrogen) atoms. The summed E-state index contributed by atoms with van der Waals surface area (Å²) in [4.78, 5) is 10.7. The molecule has 0 saturated carbocycles. The quantitative estimate of drug-likeness (QED) is 0.783. The maximum Gasteiger partial charge on any atom is 0.217 e. The average molecular weight is 272 g/mol. The molecule has 0 saturated heterocycles. The standard InChI is InChI=1S/C16H16O4/c1-17-15-13-9-5-3-7-11(13)12-8-4-6-10-14(12)16(18-2)20-19-15/h3-10,15-16H,1-2H3/t15-,16-/m0/s1. The normalized spacial score (nSPS) is 21.5. The first-order chi connectivity index (χ1) is 9.85. The fourth-order valence-corrected chi connectivity index (χ4v) is 2.43. The smallest absolute Gasteiger partial charge is 0.217 e. The van der Waals surface area contributed by atoms with Crippen LogP contribution in [0.15, 0.2) is 48.5 Å². The van der Waals surface area contributed by atoms with Crippen molar-refractivity contribution < 1.29 is 19.2 Å². The Hall–Kier alpha value is -1.72. The third-order valence-corrected chi connectivity index (χ3v) is 3.38. The summed E-state index contributed by atoms with van der Waals surface area (Å²) in [6.07, 6.45) is -1.17. The first-order valence-corrected chi connectivity index (χ1v) is 6.41. The molecule has 2 aromatic carbocycles. The molecule has 2 atom stereocenters. The molecule has 0 N–H and O–H groups in total. The van der Waals surface area contributed by atoms with E-state index >= 15 is 0 Å². The van der Waals surface area contributed by atoms with Gasteiger partial charge in [-0.05, 0) is 11.1 Å². The number of ether oxygens (including phenoxy) is 2. The Morgan fingerprint density at radius 2 is 1.10 bits per heavy atom. The van der Waals surface area contributed by atoms with Crippen molar-refractivity contribution in [3.8, 4) is 11.1 Å². The van der Waals surface area contributed by atoms with Gasteiger partial charge in [0.1, 0.15) is 0 Å². The van der Waals surface area contributed by atoms with E-state index in [0.29, 0.717) is 0 Å². The van der Waals surface area contributed by atoms with Crippen LogP contribution < -0.4 is 0 Å². The fraction of sp³-hybridized carbons (Fsp3) is 0.250. The van der Waals surface area contributed by atoms with Gasteiger partial charge in [-0.3, -0.25) is 0 Å². The van der Waals surface area contributed by atoms with E-state index in [1.165, 1.54) is 0 Å². The summed E-state index contributed by atoms with van der Waals surface area (Å²) in [5, 5.41) is 0. The Bertz CT molecular complexity index is 543. The van der Waals surface area contributed by atoms with E-state index in [2.05, 4.69) is 0 Å². The predicted molar refractivity (Wildman–Crippen MR) is 73.5 cm³/mol. The van der Waals surface area contributed by atoms with E-state index < -0.39 is 12.6 Å². The highest BCUT2D eigenvalue weighted by Gasteiger charge is 2.26. The SMILES string of the molecule is CO[C@H]1OO[C@H](OC)c2ccccc2-c2ccccc21. The topological polar surface area (TPSA) is 36.9 Å². The second-order valence-electron chi connectivity index (χ2n) is 4.50. The first kappa shape index (κ1) is 13.3. The summed E-state index contributed by atoms with van der Waals surface area (Å²) >= 11 is 0. The maximum atomic E-state index is 5.37. The summed E-state index contributed by atoms with van der Waals surface area (Å²) in [5.41, 5.74) is 3.97. The van der Waals surface area contributed by atoms with Gasteiger partial charge in [0.05, 0.1) is 0 Å². The van der Waals surface area contributed by atoms with Gasteiger partial charge in [-0.25, -0.2) is 0 Å². The van der Waals surface area contributed by atoms with Crippen molar-refractivity contribution in [1.29, 1.82) is 0 Å². The molecule has 0 unspecified atom stereocenters. The lowest BCUT2D eigenvalue weighted by molar-refractivity contribution is -0.437. The van der Waals surface area contributed by atoms with Crippen LogP contribution in [0.2, 0.25) is 0 Å². The van der Waals surface area contributed by atoms with Crippen molar-refractivity contribution in [2.75, 3.05) is 14.2 Å². The van der Waals surface area contributed by atoms with Gasteiger partial charge in [0.25, 0.3) is 0 Å². The monoisotopic (exact) mass is 272 g/mol. The predicted octanol–water partition coefficient (Wildman–Crippen LogP) is 3.61. The van der Waals surface area contributed by atoms with Crippen LogP contribution in [0.3, 0.4) is 0 Å². The van der Waals surface area contributed by atoms with Gasteiger partial charge in [-0.1, -0.05) is 48.5 Å². The fourth-order valence-electron chi connectivity index (χ4n) is 2.43. The van der Waals surface area contributed by atoms with Crippen LogP contribution >= 0.6 is 0 Å². The van der Waals surface area contributed by atoms with Crippen molar-refractivity contribution in [2.24, 2.45) is 0 Å². The number of rotatable bonds is 2. The number of hydrogen-bond donors (Lipinski definition) is 0. The lowest BCUT2D eigenvalue weighted by Gasteiger charge is -2.27. The molecule has 3 rings (SSSR count). The highest BCUT2D eigenvalue weighted by Crippen LogP contribution is 2.39. The minimum absolute atomic E-state index is 0.586. The molecule has 0 spiro atoms. The van der Waals surface area contributed by atoms with Crippen molar-refractivity contribution in [2.45, 2.75) is 12.6 Å². The van der Waals surface area contributed by atoms with E-state index in [0.717, 1.165) is 22.3 Å². The van der Waals surface area contributed by atoms with E-state index in [1.54, 1.807) is 14.2 Å². The van der Waals surface area contributed by atoms with Crippen LogP contribution in [0.5, 0.6) is 0 Å². The minimum atomic E-state index is -0.586. The van der Waals surface area contributed by atoms with Gasteiger partial charge in [0.15, 0.2) is 0 Å². The molecular weight excluding hydrogens is 256 g/mol. The molecule has 4 nitrogen and oxygen atoms in total. The Labute approximate surface area is 117 Å². The van der Waals surface area contributed by atoms with Crippen molar-refractivity contribution in [1.82, 2.24) is 0 Å². The van der Waals surface area contributed by atoms with Crippen molar-refractivity contribution in [3.63, 3.8) is 0 Å². The number of hydrogen-bond acceptors (Lipinski definition) is 4. The molecule has 1 aliphatic rings. The Morgan fingerprint density at radius 3 is 1.50 bits per heavy atom. The third kappa shape index (κ3) is 2.23. The molecule has 0 amide bonds. The van der Waals surface area contributed by atoms with Crippen LogP contribution in [-0.2, 0) is 19.2 Å². The third-order valence-electron chi connectivity index (χ3n) is 3.38. The summed E-state index contributed by atoms with van der Waals surface area (Å²) in [6.45, 7) is 0. The molecule has 0 radical (unpaired) electrons. The molecule has 104 valence electrons. The average Bonchev–Trinajstić information content (AvgIpc) is 2.50. The summed E-state index contributed by atoms with van der Waals surface area (Å²) < 4.78 is 10.7. The van der Waals surface area contributed by atoms with E-state index in [4.69, 9.17) is 19.2 Å². The molecule has 2 aromatic rings. The Morgan fingerprint density at radius 1 is 0.700 bits per heavy atom. The lowest BCUT2D eigenvalue weighted by Crippen LogP contribution is -2.17. The van der Waals surface area contributed by atoms with Crippen molar-refractivity contribution in [3.05, 3.63) is 59.7 Å². The molecular formula is C16H16O4. The second kappa shape index (κ2) is 5.73. The highest BCUT2D eigenvalue weighted by molar-refractivity contribution is 5.71. The Balaban J connectivity index is 2.22. The Kier molecular flexibility index (Phi) is 3.80. The van der Waals surface area contributed by atoms with Crippen LogP contribution in [0, 0.1) is 0 Å². The molecule has 0 bridgehead atoms. The second-order valence-corrected chi connectivity index (χ2v) is 4.50. The van der Waals surface area contributed by atoms with Crippen LogP contribution in [0.4, 0.5) is 0 Å². The van der Waals surface area contributed by atoms with Crippen LogP contribution in [-0.4, -0.2) is 14.2 Å². The van der Waals surface area contributed by atoms with E-state index in [-0.39, 0.29) is 0 Å². The van der Waals surface area contributed by atoms with Gasteiger partial charge in [0.2, 0.25) is 12.6 Å². The van der Waals surface area contributed by atoms with E-state index in [9.17, 15) is 0 Å². The molecule has 0 aromatic heterocycles. The lowest BCUT2D eigenvalue weighted by atomic mass is 9.94.